The molecular formula is C23H34O4. The third kappa shape index (κ3) is 8.27. The van der Waals surface area contributed by atoms with Gasteiger partial charge in [0.25, 0.3) is 0 Å². The van der Waals surface area contributed by atoms with Crippen molar-refractivity contribution in [3.05, 3.63) is 48.0 Å². The second-order valence-corrected chi connectivity index (χ2v) is 7.75. The van der Waals surface area contributed by atoms with E-state index in [-0.39, 0.29) is 18.3 Å². The SMILES string of the molecule is CCOC(=O)C[C@@]1(O)CCC[C@H](/C=C/C(O)CCCCc2ccccc2)C1. The van der Waals surface area contributed by atoms with Crippen molar-refractivity contribution in [2.75, 3.05) is 6.61 Å². The third-order valence-electron chi connectivity index (χ3n) is 5.30. The smallest absolute Gasteiger partial charge is 0.308 e. The average Bonchev–Trinajstić information content (AvgIpc) is 2.64. The molecule has 4 heteroatoms. The first-order valence-electron chi connectivity index (χ1n) is 10.3. The van der Waals surface area contributed by atoms with Gasteiger partial charge in [-0.1, -0.05) is 48.9 Å². The molecule has 2 N–H and O–H groups in total. The standard InChI is InChI=1S/C23H34O4/c1-2-27-22(25)18-23(26)16-8-12-20(17-23)14-15-21(24)13-7-6-11-19-9-4-3-5-10-19/h3-5,9-10,14-15,20-21,24,26H,2,6-8,11-13,16-18H2,1H3/b15-14+/t20-,21?,23-/m1/s1. The van der Waals surface area contributed by atoms with Crippen LogP contribution >= 0.6 is 0 Å². The van der Waals surface area contributed by atoms with Crippen molar-refractivity contribution >= 4 is 5.97 Å². The number of carbonyl (C=O) groups is 1. The molecule has 1 aromatic carbocycles. The molecule has 4 nitrogen and oxygen atoms in total. The zero-order valence-corrected chi connectivity index (χ0v) is 16.5. The minimum atomic E-state index is -0.972. The normalized spacial score (nSPS) is 24.0. The van der Waals surface area contributed by atoms with Gasteiger partial charge in [0.05, 0.1) is 24.7 Å². The van der Waals surface area contributed by atoms with Crippen LogP contribution in [-0.2, 0) is 16.0 Å². The lowest BCUT2D eigenvalue weighted by atomic mass is 9.76. The maximum absolute atomic E-state index is 11.7. The number of hydrogen-bond acceptors (Lipinski definition) is 4. The van der Waals surface area contributed by atoms with Gasteiger partial charge in [0.2, 0.25) is 0 Å². The van der Waals surface area contributed by atoms with Gasteiger partial charge in [-0.2, -0.15) is 0 Å². The van der Waals surface area contributed by atoms with E-state index in [9.17, 15) is 15.0 Å². The average molecular weight is 375 g/mol. The fraction of sp³-hybridized carbons (Fsp3) is 0.609. The molecule has 0 heterocycles. The Morgan fingerprint density at radius 1 is 1.33 bits per heavy atom. The second-order valence-electron chi connectivity index (χ2n) is 7.75. The highest BCUT2D eigenvalue weighted by atomic mass is 16.5. The monoisotopic (exact) mass is 374 g/mol. The number of unbranched alkanes of at least 4 members (excludes halogenated alkanes) is 1. The van der Waals surface area contributed by atoms with E-state index >= 15 is 0 Å². The van der Waals surface area contributed by atoms with Gasteiger partial charge in [-0.05, 0) is 63.4 Å². The fourth-order valence-corrected chi connectivity index (χ4v) is 3.90. The highest BCUT2D eigenvalue weighted by Crippen LogP contribution is 2.35. The largest absolute Gasteiger partial charge is 0.466 e. The summed E-state index contributed by atoms with van der Waals surface area (Å²) in [5, 5.41) is 20.9. The molecule has 1 saturated carbocycles. The van der Waals surface area contributed by atoms with Gasteiger partial charge >= 0.3 is 5.97 Å². The number of benzene rings is 1. The molecule has 1 aliphatic rings. The summed E-state index contributed by atoms with van der Waals surface area (Å²) in [7, 11) is 0. The maximum atomic E-state index is 11.7. The molecule has 0 saturated heterocycles. The zero-order valence-electron chi connectivity index (χ0n) is 16.5. The zero-order chi connectivity index (χ0) is 19.5. The number of aliphatic hydroxyl groups is 2. The van der Waals surface area contributed by atoms with E-state index in [2.05, 4.69) is 24.3 Å². The third-order valence-corrected chi connectivity index (χ3v) is 5.30. The highest BCUT2D eigenvalue weighted by molar-refractivity contribution is 5.70. The minimum Gasteiger partial charge on any atom is -0.466 e. The van der Waals surface area contributed by atoms with Crippen LogP contribution in [0.15, 0.2) is 42.5 Å². The van der Waals surface area contributed by atoms with Gasteiger partial charge in [-0.25, -0.2) is 0 Å². The van der Waals surface area contributed by atoms with Crippen molar-refractivity contribution in [2.24, 2.45) is 5.92 Å². The van der Waals surface area contributed by atoms with E-state index in [1.54, 1.807) is 6.92 Å². The van der Waals surface area contributed by atoms with Crippen LogP contribution < -0.4 is 0 Å². The molecule has 0 aliphatic heterocycles. The lowest BCUT2D eigenvalue weighted by molar-refractivity contribution is -0.150. The van der Waals surface area contributed by atoms with E-state index in [4.69, 9.17) is 4.74 Å². The lowest BCUT2D eigenvalue weighted by Gasteiger charge is -2.35. The van der Waals surface area contributed by atoms with E-state index in [1.165, 1.54) is 5.56 Å². The molecule has 1 aliphatic carbocycles. The highest BCUT2D eigenvalue weighted by Gasteiger charge is 2.35. The Kier molecular flexibility index (Phi) is 9.02. The van der Waals surface area contributed by atoms with E-state index < -0.39 is 11.7 Å². The van der Waals surface area contributed by atoms with Gasteiger partial charge < -0.3 is 14.9 Å². The van der Waals surface area contributed by atoms with Gasteiger partial charge in [0, 0.05) is 0 Å². The summed E-state index contributed by atoms with van der Waals surface area (Å²) in [5.41, 5.74) is 0.366. The number of ether oxygens (including phenoxy) is 1. The maximum Gasteiger partial charge on any atom is 0.308 e. The van der Waals surface area contributed by atoms with Crippen LogP contribution in [0.2, 0.25) is 0 Å². The van der Waals surface area contributed by atoms with Crippen molar-refractivity contribution in [1.82, 2.24) is 0 Å². The Morgan fingerprint density at radius 3 is 2.85 bits per heavy atom. The van der Waals surface area contributed by atoms with Crippen molar-refractivity contribution in [1.29, 1.82) is 0 Å². The van der Waals surface area contributed by atoms with Crippen molar-refractivity contribution in [3.63, 3.8) is 0 Å². The first kappa shape index (κ1) is 21.6. The molecule has 0 bridgehead atoms. The number of carbonyl (C=O) groups excluding carboxylic acids is 1. The molecule has 1 fully saturated rings. The molecule has 0 amide bonds. The van der Waals surface area contributed by atoms with E-state index in [0.717, 1.165) is 38.5 Å². The Balaban J connectivity index is 1.69. The van der Waals surface area contributed by atoms with Crippen LogP contribution in [0.25, 0.3) is 0 Å². The van der Waals surface area contributed by atoms with Crippen LogP contribution in [-0.4, -0.2) is 34.5 Å². The Bertz CT molecular complexity index is 583. The molecule has 1 unspecified atom stereocenters. The van der Waals surface area contributed by atoms with Gasteiger partial charge in [0.15, 0.2) is 0 Å². The Hall–Kier alpha value is -1.65. The predicted molar refractivity (Wildman–Crippen MR) is 107 cm³/mol. The van der Waals surface area contributed by atoms with Gasteiger partial charge in [0.1, 0.15) is 0 Å². The molecular weight excluding hydrogens is 340 g/mol. The quantitative estimate of drug-likeness (QED) is 0.366. The number of esters is 1. The summed E-state index contributed by atoms with van der Waals surface area (Å²) >= 11 is 0. The number of hydrogen-bond donors (Lipinski definition) is 2. The van der Waals surface area contributed by atoms with Gasteiger partial charge in [-0.15, -0.1) is 0 Å². The first-order chi connectivity index (χ1) is 13.0. The lowest BCUT2D eigenvalue weighted by Crippen LogP contribution is -2.37. The summed E-state index contributed by atoms with van der Waals surface area (Å²) < 4.78 is 4.97. The summed E-state index contributed by atoms with van der Waals surface area (Å²) in [6.07, 6.45) is 10.4. The Labute approximate surface area is 163 Å². The van der Waals surface area contributed by atoms with Crippen LogP contribution in [0.4, 0.5) is 0 Å². The summed E-state index contributed by atoms with van der Waals surface area (Å²) in [6.45, 7) is 2.12. The number of allylic oxidation sites excluding steroid dienone is 1. The van der Waals surface area contributed by atoms with Gasteiger partial charge in [-0.3, -0.25) is 4.79 Å². The number of rotatable bonds is 10. The Morgan fingerprint density at radius 2 is 2.11 bits per heavy atom. The predicted octanol–water partition coefficient (Wildman–Crippen LogP) is 4.19. The molecule has 150 valence electrons. The number of aryl methyl sites for hydroxylation is 1. The molecule has 27 heavy (non-hydrogen) atoms. The summed E-state index contributed by atoms with van der Waals surface area (Å²) in [6, 6.07) is 10.4. The van der Waals surface area contributed by atoms with E-state index in [0.29, 0.717) is 19.4 Å². The fourth-order valence-electron chi connectivity index (χ4n) is 3.90. The molecule has 3 atom stereocenters. The number of aliphatic hydroxyl groups excluding tert-OH is 1. The van der Waals surface area contributed by atoms with Crippen LogP contribution in [0.5, 0.6) is 0 Å². The van der Waals surface area contributed by atoms with Crippen molar-refractivity contribution < 1.29 is 19.7 Å². The van der Waals surface area contributed by atoms with Crippen LogP contribution in [0, 0.1) is 5.92 Å². The minimum absolute atomic E-state index is 0.0627. The van der Waals surface area contributed by atoms with Crippen molar-refractivity contribution in [3.8, 4) is 0 Å². The van der Waals surface area contributed by atoms with Crippen LogP contribution in [0.1, 0.15) is 63.9 Å². The second kappa shape index (κ2) is 11.3. The topological polar surface area (TPSA) is 66.8 Å². The van der Waals surface area contributed by atoms with Crippen molar-refractivity contribution in [2.45, 2.75) is 76.4 Å². The summed E-state index contributed by atoms with van der Waals surface area (Å²) in [4.78, 5) is 11.7. The molecule has 0 spiro atoms. The molecule has 0 radical (unpaired) electrons. The first-order valence-corrected chi connectivity index (χ1v) is 10.3. The van der Waals surface area contributed by atoms with Crippen LogP contribution in [0.3, 0.4) is 0 Å². The molecule has 0 aromatic heterocycles. The summed E-state index contributed by atoms with van der Waals surface area (Å²) in [5.74, 6) is -0.125. The van der Waals surface area contributed by atoms with E-state index in [1.807, 2.05) is 18.2 Å². The molecule has 1 aromatic rings. The molecule has 2 rings (SSSR count).